The number of fused-ring (bicyclic) bond motifs is 1. The van der Waals surface area contributed by atoms with Crippen molar-refractivity contribution < 1.29 is 19.1 Å². The number of benzene rings is 2. The highest BCUT2D eigenvalue weighted by atomic mass is 16.6. The zero-order chi connectivity index (χ0) is 26.7. The number of anilines is 1. The van der Waals surface area contributed by atoms with Crippen LogP contribution in [0.3, 0.4) is 0 Å². The molecule has 0 bridgehead atoms. The van der Waals surface area contributed by atoms with Crippen molar-refractivity contribution in [3.05, 3.63) is 59.2 Å². The van der Waals surface area contributed by atoms with Crippen LogP contribution in [0.2, 0.25) is 0 Å². The number of nitrogens with zero attached hydrogens (tertiary/aromatic N) is 2. The normalized spacial score (nSPS) is 20.1. The minimum atomic E-state index is -0.561. The van der Waals surface area contributed by atoms with Crippen LogP contribution in [-0.4, -0.2) is 48.2 Å². The van der Waals surface area contributed by atoms with Crippen LogP contribution in [0.15, 0.2) is 42.5 Å². The zero-order valence-electron chi connectivity index (χ0n) is 23.0. The van der Waals surface area contributed by atoms with E-state index in [-0.39, 0.29) is 30.1 Å². The number of hydrogen-bond donors (Lipinski definition) is 1. The average molecular weight is 508 g/mol. The summed E-state index contributed by atoms with van der Waals surface area (Å²) in [6.07, 6.45) is 2.78. The van der Waals surface area contributed by atoms with E-state index in [1.54, 1.807) is 7.11 Å². The molecule has 2 atom stereocenters. The first kappa shape index (κ1) is 27.0. The van der Waals surface area contributed by atoms with E-state index in [2.05, 4.69) is 29.6 Å². The number of carbonyl (C=O) groups is 2. The fourth-order valence-electron chi connectivity index (χ4n) is 5.51. The molecule has 0 radical (unpaired) electrons. The first-order valence-corrected chi connectivity index (χ1v) is 13.4. The number of ether oxygens (including phenoxy) is 2. The van der Waals surface area contributed by atoms with Gasteiger partial charge in [0.05, 0.1) is 13.2 Å². The first-order chi connectivity index (χ1) is 17.6. The molecule has 0 aromatic heterocycles. The van der Waals surface area contributed by atoms with Crippen molar-refractivity contribution in [2.45, 2.75) is 90.6 Å². The van der Waals surface area contributed by atoms with Crippen molar-refractivity contribution in [3.8, 4) is 5.75 Å². The lowest BCUT2D eigenvalue weighted by molar-refractivity contribution is -0.119. The Labute approximate surface area is 221 Å². The van der Waals surface area contributed by atoms with Gasteiger partial charge in [-0.3, -0.25) is 9.69 Å². The molecule has 2 aromatic rings. The molecule has 2 amide bonds. The van der Waals surface area contributed by atoms with Crippen molar-refractivity contribution in [1.82, 2.24) is 10.2 Å². The molecule has 2 aliphatic heterocycles. The fourth-order valence-corrected chi connectivity index (χ4v) is 5.51. The molecule has 0 spiro atoms. The van der Waals surface area contributed by atoms with E-state index in [1.165, 1.54) is 0 Å². The molecule has 2 heterocycles. The zero-order valence-corrected chi connectivity index (χ0v) is 23.0. The predicted octanol–water partition coefficient (Wildman–Crippen LogP) is 5.61. The van der Waals surface area contributed by atoms with Gasteiger partial charge in [-0.2, -0.15) is 0 Å². The number of methoxy groups -OCH3 is 1. The van der Waals surface area contributed by atoms with Gasteiger partial charge in [0.1, 0.15) is 11.4 Å². The SMILES string of the molecule is COc1cc2c(cc1CN[C@H]1CCCN(C(=O)OC(C)(C)C)[C@H]1c1ccccc1)N(C(C)C)C(=O)CC2. The molecule has 37 heavy (non-hydrogen) atoms. The maximum absolute atomic E-state index is 13.2. The summed E-state index contributed by atoms with van der Waals surface area (Å²) in [6.45, 7) is 11.0. The van der Waals surface area contributed by atoms with Gasteiger partial charge < -0.3 is 19.7 Å². The molecule has 0 unspecified atom stereocenters. The van der Waals surface area contributed by atoms with Crippen molar-refractivity contribution >= 4 is 17.7 Å². The molecule has 0 saturated carbocycles. The van der Waals surface area contributed by atoms with Crippen molar-refractivity contribution in [1.29, 1.82) is 0 Å². The van der Waals surface area contributed by atoms with Gasteiger partial charge in [-0.05, 0) is 77.1 Å². The van der Waals surface area contributed by atoms with Crippen LogP contribution < -0.4 is 15.0 Å². The van der Waals surface area contributed by atoms with Crippen LogP contribution in [0.5, 0.6) is 5.75 Å². The summed E-state index contributed by atoms with van der Waals surface area (Å²) in [7, 11) is 1.69. The van der Waals surface area contributed by atoms with Crippen LogP contribution in [0, 0.1) is 0 Å². The third kappa shape index (κ3) is 6.09. The Morgan fingerprint density at radius 3 is 2.51 bits per heavy atom. The molecule has 1 fully saturated rings. The molecule has 7 nitrogen and oxygen atoms in total. The summed E-state index contributed by atoms with van der Waals surface area (Å²) in [5.41, 5.74) is 3.64. The third-order valence-corrected chi connectivity index (χ3v) is 7.09. The van der Waals surface area contributed by atoms with Gasteiger partial charge in [0, 0.05) is 42.8 Å². The quantitative estimate of drug-likeness (QED) is 0.550. The lowest BCUT2D eigenvalue weighted by atomic mass is 9.90. The number of nitrogens with one attached hydrogen (secondary N) is 1. The molecule has 4 rings (SSSR count). The molecule has 200 valence electrons. The Hall–Kier alpha value is -3.06. The Bertz CT molecular complexity index is 1110. The van der Waals surface area contributed by atoms with E-state index < -0.39 is 5.60 Å². The highest BCUT2D eigenvalue weighted by Crippen LogP contribution is 2.37. The fraction of sp³-hybridized carbons (Fsp3) is 0.533. The van der Waals surface area contributed by atoms with Gasteiger partial charge in [0.25, 0.3) is 0 Å². The summed E-state index contributed by atoms with van der Waals surface area (Å²) >= 11 is 0. The van der Waals surface area contributed by atoms with Gasteiger partial charge in [0.15, 0.2) is 0 Å². The van der Waals surface area contributed by atoms with Crippen molar-refractivity contribution in [2.24, 2.45) is 0 Å². The molecular formula is C30H41N3O4. The Balaban J connectivity index is 1.62. The van der Waals surface area contributed by atoms with Crippen LogP contribution in [0.4, 0.5) is 10.5 Å². The molecule has 1 saturated heterocycles. The number of hydrogen-bond acceptors (Lipinski definition) is 5. The summed E-state index contributed by atoms with van der Waals surface area (Å²) in [5.74, 6) is 0.983. The Morgan fingerprint density at radius 1 is 1.14 bits per heavy atom. The lowest BCUT2D eigenvalue weighted by Crippen LogP contribution is -2.51. The second kappa shape index (κ2) is 11.1. The lowest BCUT2D eigenvalue weighted by Gasteiger charge is -2.42. The topological polar surface area (TPSA) is 71.1 Å². The smallest absolute Gasteiger partial charge is 0.410 e. The molecule has 1 N–H and O–H groups in total. The second-order valence-corrected chi connectivity index (χ2v) is 11.3. The second-order valence-electron chi connectivity index (χ2n) is 11.3. The Morgan fingerprint density at radius 2 is 1.86 bits per heavy atom. The van der Waals surface area contributed by atoms with Gasteiger partial charge in [-0.1, -0.05) is 30.3 Å². The number of rotatable bonds is 6. The number of likely N-dealkylation sites (tertiary alicyclic amines) is 1. The number of amides is 2. The van der Waals surface area contributed by atoms with Crippen molar-refractivity contribution in [3.63, 3.8) is 0 Å². The average Bonchev–Trinajstić information content (AvgIpc) is 2.85. The van der Waals surface area contributed by atoms with Crippen LogP contribution >= 0.6 is 0 Å². The third-order valence-electron chi connectivity index (χ3n) is 7.09. The van der Waals surface area contributed by atoms with Gasteiger partial charge in [-0.15, -0.1) is 0 Å². The highest BCUT2D eigenvalue weighted by molar-refractivity contribution is 5.97. The van der Waals surface area contributed by atoms with E-state index >= 15 is 0 Å². The van der Waals surface area contributed by atoms with Crippen molar-refractivity contribution in [2.75, 3.05) is 18.6 Å². The highest BCUT2D eigenvalue weighted by Gasteiger charge is 2.37. The molecular weight excluding hydrogens is 466 g/mol. The summed E-state index contributed by atoms with van der Waals surface area (Å²) in [6, 6.07) is 14.3. The molecule has 0 aliphatic carbocycles. The van der Waals surface area contributed by atoms with E-state index in [9.17, 15) is 9.59 Å². The molecule has 7 heteroatoms. The van der Waals surface area contributed by atoms with E-state index in [0.29, 0.717) is 19.5 Å². The van der Waals surface area contributed by atoms with Crippen LogP contribution in [-0.2, 0) is 22.5 Å². The minimum Gasteiger partial charge on any atom is -0.496 e. The molecule has 2 aliphatic rings. The van der Waals surface area contributed by atoms with E-state index in [1.807, 2.05) is 62.6 Å². The standard InChI is InChI=1S/C30H41N3O4/c1-20(2)33-25-17-23(26(36-6)18-22(25)14-15-27(33)34)19-31-24-13-10-16-32(29(35)37-30(3,4)5)28(24)21-11-8-7-9-12-21/h7-9,11-12,17-18,20,24,28,31H,10,13-16,19H2,1-6H3/t24-,28-/m0/s1. The van der Waals surface area contributed by atoms with Gasteiger partial charge in [-0.25, -0.2) is 4.79 Å². The monoisotopic (exact) mass is 507 g/mol. The summed E-state index contributed by atoms with van der Waals surface area (Å²) in [4.78, 5) is 29.7. The number of carbonyl (C=O) groups excluding carboxylic acids is 2. The maximum atomic E-state index is 13.2. The minimum absolute atomic E-state index is 0.0345. The summed E-state index contributed by atoms with van der Waals surface area (Å²) in [5, 5.41) is 3.74. The first-order valence-electron chi connectivity index (χ1n) is 13.4. The Kier molecular flexibility index (Phi) is 8.12. The number of piperidine rings is 1. The maximum Gasteiger partial charge on any atom is 0.410 e. The molecule has 2 aromatic carbocycles. The largest absolute Gasteiger partial charge is 0.496 e. The predicted molar refractivity (Wildman–Crippen MR) is 146 cm³/mol. The summed E-state index contributed by atoms with van der Waals surface area (Å²) < 4.78 is 11.6. The van der Waals surface area contributed by atoms with Crippen LogP contribution in [0.25, 0.3) is 0 Å². The van der Waals surface area contributed by atoms with E-state index in [0.717, 1.165) is 47.4 Å². The van der Waals surface area contributed by atoms with E-state index in [4.69, 9.17) is 9.47 Å². The van der Waals surface area contributed by atoms with Gasteiger partial charge in [0.2, 0.25) is 5.91 Å². The van der Waals surface area contributed by atoms with Gasteiger partial charge >= 0.3 is 6.09 Å². The number of aryl methyl sites for hydroxylation is 1. The van der Waals surface area contributed by atoms with Crippen LogP contribution in [0.1, 0.15) is 76.6 Å².